The maximum Gasteiger partial charge on any atom is 0.161 e. The number of ether oxygens (including phenoxy) is 2. The number of thiocarbonyl (C=S) groups is 1. The number of benzene rings is 1. The molecule has 0 bridgehead atoms. The minimum atomic E-state index is 0.573. The number of methoxy groups -OCH3 is 2. The molecular formula is C15H23N3O2S. The van der Waals surface area contributed by atoms with E-state index >= 15 is 0 Å². The average Bonchev–Trinajstić information content (AvgIpc) is 2.48. The molecule has 1 aromatic rings. The monoisotopic (exact) mass is 309 g/mol. The fraction of sp³-hybridized carbons (Fsp3) is 0.533. The van der Waals surface area contributed by atoms with Crippen molar-refractivity contribution in [3.8, 4) is 11.5 Å². The van der Waals surface area contributed by atoms with Gasteiger partial charge in [0.25, 0.3) is 0 Å². The lowest BCUT2D eigenvalue weighted by molar-refractivity contribution is 0.140. The van der Waals surface area contributed by atoms with Gasteiger partial charge in [-0.1, -0.05) is 18.3 Å². The van der Waals surface area contributed by atoms with Crippen LogP contribution >= 0.6 is 12.2 Å². The smallest absolute Gasteiger partial charge is 0.161 e. The third-order valence-corrected chi connectivity index (χ3v) is 3.83. The van der Waals surface area contributed by atoms with Crippen molar-refractivity contribution >= 4 is 17.2 Å². The number of nitrogens with zero attached hydrogens (tertiary/aromatic N) is 2. The number of hydrogen-bond donors (Lipinski definition) is 1. The normalized spacial score (nSPS) is 16.7. The van der Waals surface area contributed by atoms with Crippen LogP contribution in [0.2, 0.25) is 0 Å². The quantitative estimate of drug-likeness (QED) is 0.795. The number of nitrogens with two attached hydrogens (primary N) is 1. The van der Waals surface area contributed by atoms with E-state index in [0.717, 1.165) is 50.8 Å². The zero-order chi connectivity index (χ0) is 15.2. The summed E-state index contributed by atoms with van der Waals surface area (Å²) < 4.78 is 10.6. The fourth-order valence-electron chi connectivity index (χ4n) is 2.56. The van der Waals surface area contributed by atoms with Crippen LogP contribution < -0.4 is 15.2 Å². The van der Waals surface area contributed by atoms with E-state index in [1.165, 1.54) is 5.56 Å². The van der Waals surface area contributed by atoms with Crippen molar-refractivity contribution in [1.29, 1.82) is 0 Å². The molecule has 0 amide bonds. The van der Waals surface area contributed by atoms with E-state index in [1.807, 2.05) is 12.1 Å². The van der Waals surface area contributed by atoms with Crippen LogP contribution in [-0.4, -0.2) is 61.7 Å². The van der Waals surface area contributed by atoms with Crippen LogP contribution in [0, 0.1) is 0 Å². The molecule has 21 heavy (non-hydrogen) atoms. The van der Waals surface area contributed by atoms with Crippen LogP contribution in [-0.2, 0) is 6.54 Å². The number of hydrogen-bond acceptors (Lipinski definition) is 5. The second-order valence-electron chi connectivity index (χ2n) is 5.21. The van der Waals surface area contributed by atoms with Gasteiger partial charge < -0.3 is 15.2 Å². The minimum Gasteiger partial charge on any atom is -0.493 e. The topological polar surface area (TPSA) is 51.0 Å². The van der Waals surface area contributed by atoms with Gasteiger partial charge in [-0.05, 0) is 17.7 Å². The van der Waals surface area contributed by atoms with E-state index in [0.29, 0.717) is 4.99 Å². The highest BCUT2D eigenvalue weighted by Crippen LogP contribution is 2.28. The Bertz CT molecular complexity index is 488. The largest absolute Gasteiger partial charge is 0.493 e. The van der Waals surface area contributed by atoms with E-state index in [-0.39, 0.29) is 0 Å². The Kier molecular flexibility index (Phi) is 5.78. The molecule has 0 saturated carbocycles. The zero-order valence-corrected chi connectivity index (χ0v) is 13.5. The van der Waals surface area contributed by atoms with Crippen LogP contribution in [0.4, 0.5) is 0 Å². The first-order valence-electron chi connectivity index (χ1n) is 7.06. The first kappa shape index (κ1) is 16.0. The molecule has 1 fully saturated rings. The Labute approximate surface area is 131 Å². The molecule has 6 heteroatoms. The Morgan fingerprint density at radius 2 is 1.71 bits per heavy atom. The van der Waals surface area contributed by atoms with Crippen molar-refractivity contribution in [2.24, 2.45) is 5.73 Å². The summed E-state index contributed by atoms with van der Waals surface area (Å²) in [5.41, 5.74) is 6.82. The van der Waals surface area contributed by atoms with Crippen molar-refractivity contribution in [2.45, 2.75) is 6.54 Å². The van der Waals surface area contributed by atoms with E-state index in [1.54, 1.807) is 14.2 Å². The molecule has 2 N–H and O–H groups in total. The fourth-order valence-corrected chi connectivity index (χ4v) is 2.75. The third kappa shape index (κ3) is 4.56. The summed E-state index contributed by atoms with van der Waals surface area (Å²) in [4.78, 5) is 5.30. The van der Waals surface area contributed by atoms with Crippen LogP contribution in [0.5, 0.6) is 11.5 Å². The van der Waals surface area contributed by atoms with Gasteiger partial charge >= 0.3 is 0 Å². The van der Waals surface area contributed by atoms with Crippen LogP contribution in [0.3, 0.4) is 0 Å². The van der Waals surface area contributed by atoms with Crippen LogP contribution in [0.25, 0.3) is 0 Å². The lowest BCUT2D eigenvalue weighted by Crippen LogP contribution is -2.48. The van der Waals surface area contributed by atoms with E-state index < -0.39 is 0 Å². The molecule has 1 aliphatic heterocycles. The summed E-state index contributed by atoms with van der Waals surface area (Å²) in [6, 6.07) is 6.08. The molecule has 1 heterocycles. The molecule has 0 atom stereocenters. The summed E-state index contributed by atoms with van der Waals surface area (Å²) >= 11 is 4.96. The Morgan fingerprint density at radius 3 is 2.29 bits per heavy atom. The van der Waals surface area contributed by atoms with Crippen molar-refractivity contribution in [3.05, 3.63) is 23.8 Å². The molecule has 0 radical (unpaired) electrons. The molecule has 0 unspecified atom stereocenters. The molecular weight excluding hydrogens is 286 g/mol. The van der Waals surface area contributed by atoms with E-state index in [2.05, 4.69) is 15.9 Å². The Hall–Kier alpha value is -1.37. The summed E-state index contributed by atoms with van der Waals surface area (Å²) in [5, 5.41) is 0. The van der Waals surface area contributed by atoms with Crippen molar-refractivity contribution < 1.29 is 9.47 Å². The highest BCUT2D eigenvalue weighted by molar-refractivity contribution is 7.80. The molecule has 116 valence electrons. The Balaban J connectivity index is 1.90. The van der Waals surface area contributed by atoms with E-state index in [4.69, 9.17) is 27.4 Å². The van der Waals surface area contributed by atoms with Gasteiger partial charge in [-0.25, -0.2) is 0 Å². The van der Waals surface area contributed by atoms with Gasteiger partial charge in [0.05, 0.1) is 19.2 Å². The number of piperazine rings is 1. The average molecular weight is 309 g/mol. The van der Waals surface area contributed by atoms with Crippen LogP contribution in [0.1, 0.15) is 5.56 Å². The molecule has 1 aromatic carbocycles. The third-order valence-electron chi connectivity index (χ3n) is 3.70. The maximum atomic E-state index is 5.59. The minimum absolute atomic E-state index is 0.573. The SMILES string of the molecule is COc1ccc(CN2CCN(CC(N)=S)CC2)cc1OC. The second-order valence-corrected chi connectivity index (χ2v) is 5.73. The maximum absolute atomic E-state index is 5.59. The van der Waals surface area contributed by atoms with Crippen LogP contribution in [0.15, 0.2) is 18.2 Å². The highest BCUT2D eigenvalue weighted by Gasteiger charge is 2.17. The lowest BCUT2D eigenvalue weighted by atomic mass is 10.1. The summed E-state index contributed by atoms with van der Waals surface area (Å²) in [6.45, 7) is 5.70. The summed E-state index contributed by atoms with van der Waals surface area (Å²) in [6.07, 6.45) is 0. The summed E-state index contributed by atoms with van der Waals surface area (Å²) in [7, 11) is 3.31. The van der Waals surface area contributed by atoms with Gasteiger partial charge in [-0.2, -0.15) is 0 Å². The molecule has 0 aromatic heterocycles. The molecule has 1 aliphatic rings. The summed E-state index contributed by atoms with van der Waals surface area (Å²) in [5.74, 6) is 1.55. The predicted molar refractivity (Wildman–Crippen MR) is 88.0 cm³/mol. The van der Waals surface area contributed by atoms with Gasteiger partial charge in [-0.3, -0.25) is 9.80 Å². The van der Waals surface area contributed by atoms with Gasteiger partial charge in [0.2, 0.25) is 0 Å². The number of rotatable bonds is 6. The Morgan fingerprint density at radius 1 is 1.10 bits per heavy atom. The van der Waals surface area contributed by atoms with E-state index in [9.17, 15) is 0 Å². The second kappa shape index (κ2) is 7.59. The molecule has 0 aliphatic carbocycles. The lowest BCUT2D eigenvalue weighted by Gasteiger charge is -2.34. The van der Waals surface area contributed by atoms with Gasteiger partial charge in [0.1, 0.15) is 0 Å². The van der Waals surface area contributed by atoms with Crippen molar-refractivity contribution in [1.82, 2.24) is 9.80 Å². The first-order chi connectivity index (χ1) is 10.1. The molecule has 0 spiro atoms. The standard InChI is InChI=1S/C15H23N3O2S/c1-19-13-4-3-12(9-14(13)20-2)10-17-5-7-18(8-6-17)11-15(16)21/h3-4,9H,5-8,10-11H2,1-2H3,(H2,16,21). The van der Waals surface area contributed by atoms with Crippen molar-refractivity contribution in [3.63, 3.8) is 0 Å². The first-order valence-corrected chi connectivity index (χ1v) is 7.47. The highest BCUT2D eigenvalue weighted by atomic mass is 32.1. The van der Waals surface area contributed by atoms with Gasteiger partial charge in [-0.15, -0.1) is 0 Å². The molecule has 5 nitrogen and oxygen atoms in total. The van der Waals surface area contributed by atoms with Crippen molar-refractivity contribution in [2.75, 3.05) is 46.9 Å². The zero-order valence-electron chi connectivity index (χ0n) is 12.7. The molecule has 1 saturated heterocycles. The van der Waals surface area contributed by atoms with Gasteiger partial charge in [0, 0.05) is 39.3 Å². The predicted octanol–water partition coefficient (Wildman–Crippen LogP) is 1.11. The molecule has 2 rings (SSSR count). The van der Waals surface area contributed by atoms with Gasteiger partial charge in [0.15, 0.2) is 11.5 Å².